The van der Waals surface area contributed by atoms with Crippen LogP contribution in [-0.2, 0) is 11.2 Å². The van der Waals surface area contributed by atoms with Gasteiger partial charge in [0.05, 0.1) is 5.41 Å². The van der Waals surface area contributed by atoms with E-state index in [0.717, 1.165) is 43.4 Å². The number of carbonyl (C=O) groups is 1. The fourth-order valence-electron chi connectivity index (χ4n) is 2.77. The van der Waals surface area contributed by atoms with Crippen LogP contribution in [-0.4, -0.2) is 5.91 Å². The fraction of sp³-hybridized carbons (Fsp3) is 0.500. The molecule has 1 aromatic carbocycles. The molecule has 1 aliphatic rings. The van der Waals surface area contributed by atoms with E-state index < -0.39 is 0 Å². The number of anilines is 1. The predicted molar refractivity (Wildman–Crippen MR) is 69.3 cm³/mol. The number of benzene rings is 1. The maximum atomic E-state index is 11.7. The lowest BCUT2D eigenvalue weighted by atomic mass is 9.70. The molecule has 1 saturated carbocycles. The number of nitrogen functional groups attached to an aromatic ring is 1. The van der Waals surface area contributed by atoms with E-state index in [1.807, 2.05) is 24.3 Å². The summed E-state index contributed by atoms with van der Waals surface area (Å²) in [5.41, 5.74) is 12.9. The molecule has 1 fully saturated rings. The van der Waals surface area contributed by atoms with Crippen LogP contribution in [0, 0.1) is 5.41 Å². The minimum Gasteiger partial charge on any atom is -0.399 e. The van der Waals surface area contributed by atoms with E-state index in [4.69, 9.17) is 11.5 Å². The average molecular weight is 232 g/mol. The Morgan fingerprint density at radius 2 is 1.71 bits per heavy atom. The summed E-state index contributed by atoms with van der Waals surface area (Å²) in [6, 6.07) is 7.75. The van der Waals surface area contributed by atoms with Gasteiger partial charge in [0.25, 0.3) is 0 Å². The van der Waals surface area contributed by atoms with Crippen LogP contribution >= 0.6 is 0 Å². The summed E-state index contributed by atoms with van der Waals surface area (Å²) in [5, 5.41) is 0. The van der Waals surface area contributed by atoms with Gasteiger partial charge in [-0.15, -0.1) is 0 Å². The second kappa shape index (κ2) is 4.78. The van der Waals surface area contributed by atoms with Crippen LogP contribution in [0.25, 0.3) is 0 Å². The topological polar surface area (TPSA) is 69.1 Å². The van der Waals surface area contributed by atoms with Gasteiger partial charge in [0, 0.05) is 5.69 Å². The van der Waals surface area contributed by atoms with Gasteiger partial charge in [-0.2, -0.15) is 0 Å². The highest BCUT2D eigenvalue weighted by molar-refractivity contribution is 5.81. The standard InChI is InChI=1S/C14H20N2O/c15-12-6-4-11(5-7-12)10-14(13(16)17)8-2-1-3-9-14/h4-7H,1-3,8-10,15H2,(H2,16,17). The van der Waals surface area contributed by atoms with Crippen molar-refractivity contribution < 1.29 is 4.79 Å². The number of hydrogen-bond acceptors (Lipinski definition) is 2. The van der Waals surface area contributed by atoms with Gasteiger partial charge < -0.3 is 11.5 Å². The van der Waals surface area contributed by atoms with Crippen LogP contribution in [0.5, 0.6) is 0 Å². The zero-order chi connectivity index (χ0) is 12.3. The molecule has 0 atom stereocenters. The van der Waals surface area contributed by atoms with Crippen molar-refractivity contribution in [1.82, 2.24) is 0 Å². The Morgan fingerprint density at radius 1 is 1.12 bits per heavy atom. The van der Waals surface area contributed by atoms with Crippen LogP contribution in [0.2, 0.25) is 0 Å². The van der Waals surface area contributed by atoms with Crippen molar-refractivity contribution in [3.05, 3.63) is 29.8 Å². The van der Waals surface area contributed by atoms with Crippen LogP contribution in [0.4, 0.5) is 5.69 Å². The van der Waals surface area contributed by atoms with E-state index >= 15 is 0 Å². The first-order valence-electron chi connectivity index (χ1n) is 6.27. The lowest BCUT2D eigenvalue weighted by Gasteiger charge is -2.34. The molecule has 2 rings (SSSR count). The fourth-order valence-corrected chi connectivity index (χ4v) is 2.77. The average Bonchev–Trinajstić information content (AvgIpc) is 2.33. The normalized spacial score (nSPS) is 18.8. The molecule has 1 aliphatic carbocycles. The zero-order valence-electron chi connectivity index (χ0n) is 10.1. The maximum absolute atomic E-state index is 11.7. The number of amides is 1. The molecule has 1 amide bonds. The molecule has 0 heterocycles. The van der Waals surface area contributed by atoms with Gasteiger partial charge in [-0.05, 0) is 37.0 Å². The third kappa shape index (κ3) is 2.60. The first-order valence-corrected chi connectivity index (χ1v) is 6.27. The summed E-state index contributed by atoms with van der Waals surface area (Å²) < 4.78 is 0. The molecule has 0 saturated heterocycles. The number of hydrogen-bond donors (Lipinski definition) is 2. The summed E-state index contributed by atoms with van der Waals surface area (Å²) >= 11 is 0. The van der Waals surface area contributed by atoms with Gasteiger partial charge in [0.15, 0.2) is 0 Å². The highest BCUT2D eigenvalue weighted by atomic mass is 16.1. The minimum absolute atomic E-state index is 0.144. The Labute approximate surface area is 102 Å². The van der Waals surface area contributed by atoms with Crippen LogP contribution < -0.4 is 11.5 Å². The predicted octanol–water partition coefficient (Wildman–Crippen LogP) is 2.25. The minimum atomic E-state index is -0.325. The van der Waals surface area contributed by atoms with Crippen molar-refractivity contribution in [1.29, 1.82) is 0 Å². The Hall–Kier alpha value is -1.51. The molecule has 1 aromatic rings. The first-order chi connectivity index (χ1) is 8.12. The van der Waals surface area contributed by atoms with Gasteiger partial charge in [0.1, 0.15) is 0 Å². The molecular weight excluding hydrogens is 212 g/mol. The van der Waals surface area contributed by atoms with E-state index in [0.29, 0.717) is 0 Å². The van der Waals surface area contributed by atoms with Crippen molar-refractivity contribution >= 4 is 11.6 Å². The van der Waals surface area contributed by atoms with E-state index in [1.54, 1.807) is 0 Å². The zero-order valence-corrected chi connectivity index (χ0v) is 10.1. The molecule has 0 bridgehead atoms. The molecule has 0 aromatic heterocycles. The third-order valence-corrected chi connectivity index (χ3v) is 3.86. The Balaban J connectivity index is 2.17. The first kappa shape index (κ1) is 12.0. The van der Waals surface area contributed by atoms with Crippen LogP contribution in [0.3, 0.4) is 0 Å². The maximum Gasteiger partial charge on any atom is 0.223 e. The largest absolute Gasteiger partial charge is 0.399 e. The molecule has 92 valence electrons. The second-order valence-electron chi connectivity index (χ2n) is 5.12. The second-order valence-corrected chi connectivity index (χ2v) is 5.12. The molecule has 17 heavy (non-hydrogen) atoms. The lowest BCUT2D eigenvalue weighted by Crippen LogP contribution is -2.40. The Morgan fingerprint density at radius 3 is 2.24 bits per heavy atom. The SMILES string of the molecule is NC(=O)C1(Cc2ccc(N)cc2)CCCCC1. The molecular formula is C14H20N2O. The van der Waals surface area contributed by atoms with Crippen molar-refractivity contribution in [3.8, 4) is 0 Å². The van der Waals surface area contributed by atoms with Crippen LogP contribution in [0.15, 0.2) is 24.3 Å². The molecule has 0 spiro atoms. The van der Waals surface area contributed by atoms with Crippen molar-refractivity contribution in [3.63, 3.8) is 0 Å². The number of primary amides is 1. The summed E-state index contributed by atoms with van der Waals surface area (Å²) in [5.74, 6) is -0.144. The van der Waals surface area contributed by atoms with Crippen molar-refractivity contribution in [2.75, 3.05) is 5.73 Å². The Bertz CT molecular complexity index is 391. The van der Waals surface area contributed by atoms with Gasteiger partial charge in [-0.1, -0.05) is 31.4 Å². The molecule has 3 heteroatoms. The number of carbonyl (C=O) groups excluding carboxylic acids is 1. The molecule has 0 unspecified atom stereocenters. The summed E-state index contributed by atoms with van der Waals surface area (Å²) in [7, 11) is 0. The third-order valence-electron chi connectivity index (χ3n) is 3.86. The smallest absolute Gasteiger partial charge is 0.223 e. The summed E-state index contributed by atoms with van der Waals surface area (Å²) in [6.07, 6.45) is 6.04. The van der Waals surface area contributed by atoms with Gasteiger partial charge >= 0.3 is 0 Å². The molecule has 0 radical (unpaired) electrons. The van der Waals surface area contributed by atoms with Crippen molar-refractivity contribution in [2.45, 2.75) is 38.5 Å². The van der Waals surface area contributed by atoms with E-state index in [2.05, 4.69) is 0 Å². The monoisotopic (exact) mass is 232 g/mol. The molecule has 3 nitrogen and oxygen atoms in total. The van der Waals surface area contributed by atoms with Gasteiger partial charge in [0.2, 0.25) is 5.91 Å². The van der Waals surface area contributed by atoms with Crippen molar-refractivity contribution in [2.24, 2.45) is 11.1 Å². The van der Waals surface area contributed by atoms with Crippen LogP contribution in [0.1, 0.15) is 37.7 Å². The summed E-state index contributed by atoms with van der Waals surface area (Å²) in [4.78, 5) is 11.7. The van der Waals surface area contributed by atoms with Gasteiger partial charge in [-0.25, -0.2) is 0 Å². The van der Waals surface area contributed by atoms with Gasteiger partial charge in [-0.3, -0.25) is 4.79 Å². The highest BCUT2D eigenvalue weighted by Gasteiger charge is 2.37. The Kier molecular flexibility index (Phi) is 3.36. The number of nitrogens with two attached hydrogens (primary N) is 2. The quantitative estimate of drug-likeness (QED) is 0.785. The lowest BCUT2D eigenvalue weighted by molar-refractivity contribution is -0.129. The van der Waals surface area contributed by atoms with E-state index in [1.165, 1.54) is 6.42 Å². The molecule has 0 aliphatic heterocycles. The summed E-state index contributed by atoms with van der Waals surface area (Å²) in [6.45, 7) is 0. The molecule has 4 N–H and O–H groups in total. The van der Waals surface area contributed by atoms with E-state index in [9.17, 15) is 4.79 Å². The number of rotatable bonds is 3. The van der Waals surface area contributed by atoms with E-state index in [-0.39, 0.29) is 11.3 Å². The highest BCUT2D eigenvalue weighted by Crippen LogP contribution is 2.39.